The molecule has 192 valence electrons. The Kier molecular flexibility index (Phi) is 5.72. The van der Waals surface area contributed by atoms with Gasteiger partial charge in [-0.2, -0.15) is 4.98 Å². The van der Waals surface area contributed by atoms with Gasteiger partial charge in [-0.3, -0.25) is 14.1 Å². The summed E-state index contributed by atoms with van der Waals surface area (Å²) in [4.78, 5) is 32.1. The first-order valence-corrected chi connectivity index (χ1v) is 13.4. The largest absolute Gasteiger partial charge is 0.369 e. The quantitative estimate of drug-likeness (QED) is 0.347. The van der Waals surface area contributed by atoms with Crippen molar-refractivity contribution in [2.45, 2.75) is 18.9 Å². The van der Waals surface area contributed by atoms with Gasteiger partial charge in [0.05, 0.1) is 15.7 Å². The van der Waals surface area contributed by atoms with Gasteiger partial charge in [0.25, 0.3) is 5.56 Å². The minimum atomic E-state index is -0.355. The third kappa shape index (κ3) is 3.89. The van der Waals surface area contributed by atoms with Gasteiger partial charge in [0.15, 0.2) is 5.65 Å². The van der Waals surface area contributed by atoms with Crippen molar-refractivity contribution in [3.8, 4) is 5.69 Å². The fourth-order valence-electron chi connectivity index (χ4n) is 5.62. The van der Waals surface area contributed by atoms with Crippen molar-refractivity contribution < 1.29 is 0 Å². The van der Waals surface area contributed by atoms with E-state index < -0.39 is 0 Å². The summed E-state index contributed by atoms with van der Waals surface area (Å²) in [6.45, 7) is 4.50. The van der Waals surface area contributed by atoms with Crippen molar-refractivity contribution >= 4 is 57.3 Å². The highest BCUT2D eigenvalue weighted by atomic mass is 35.5. The van der Waals surface area contributed by atoms with Crippen molar-refractivity contribution in [1.29, 1.82) is 0 Å². The van der Waals surface area contributed by atoms with E-state index in [9.17, 15) is 4.79 Å². The molecule has 38 heavy (non-hydrogen) atoms. The standard InChI is InChI=1S/C27H24Cl2N8O/c28-21-4-1-5-22(29)23(21)37-25(38)20-15-31-26(33-24(20)36-12-10-30-27(36)37)32-17-6-8-18(9-7-17)35-14-13-34-11-2-3-19(34)16-35/h1,4-10,12,15,19H,2-3,11,13-14,16H2,(H,31,32,33). The molecular weight excluding hydrogens is 523 g/mol. The maximum Gasteiger partial charge on any atom is 0.270 e. The van der Waals surface area contributed by atoms with Gasteiger partial charge in [0.1, 0.15) is 5.39 Å². The second-order valence-corrected chi connectivity index (χ2v) is 10.5. The lowest BCUT2D eigenvalue weighted by molar-refractivity contribution is 0.231. The molecule has 1 unspecified atom stereocenters. The number of hydrogen-bond donors (Lipinski definition) is 1. The molecule has 0 bridgehead atoms. The molecule has 3 aromatic heterocycles. The summed E-state index contributed by atoms with van der Waals surface area (Å²) in [6.07, 6.45) is 7.46. The number of aromatic nitrogens is 5. The second-order valence-electron chi connectivity index (χ2n) is 9.69. The Bertz CT molecular complexity index is 1710. The summed E-state index contributed by atoms with van der Waals surface area (Å²) in [6, 6.07) is 14.1. The van der Waals surface area contributed by atoms with Crippen molar-refractivity contribution in [2.75, 3.05) is 36.4 Å². The number of imidazole rings is 1. The minimum Gasteiger partial charge on any atom is -0.369 e. The summed E-state index contributed by atoms with van der Waals surface area (Å²) in [5, 5.41) is 4.28. The zero-order chi connectivity index (χ0) is 25.8. The molecule has 1 N–H and O–H groups in total. The van der Waals surface area contributed by atoms with Crippen molar-refractivity contribution in [3.05, 3.63) is 81.5 Å². The van der Waals surface area contributed by atoms with Gasteiger partial charge in [-0.15, -0.1) is 0 Å². The average Bonchev–Trinajstić information content (AvgIpc) is 3.60. The zero-order valence-corrected chi connectivity index (χ0v) is 21.9. The molecule has 11 heteroatoms. The fourth-order valence-corrected chi connectivity index (χ4v) is 6.19. The van der Waals surface area contributed by atoms with Crippen LogP contribution in [0.25, 0.3) is 22.5 Å². The fraction of sp³-hybridized carbons (Fsp3) is 0.259. The van der Waals surface area contributed by atoms with E-state index >= 15 is 0 Å². The van der Waals surface area contributed by atoms with Crippen LogP contribution in [0.2, 0.25) is 10.0 Å². The third-order valence-corrected chi connectivity index (χ3v) is 8.10. The van der Waals surface area contributed by atoms with Crippen LogP contribution in [0.4, 0.5) is 17.3 Å². The molecule has 2 saturated heterocycles. The molecule has 7 rings (SSSR count). The molecule has 1 atom stereocenters. The molecule has 2 fully saturated rings. The van der Waals surface area contributed by atoms with E-state index in [1.807, 2.05) is 12.1 Å². The predicted octanol–water partition coefficient (Wildman–Crippen LogP) is 4.76. The summed E-state index contributed by atoms with van der Waals surface area (Å²) in [7, 11) is 0. The Morgan fingerprint density at radius 2 is 1.79 bits per heavy atom. The highest BCUT2D eigenvalue weighted by Gasteiger charge is 2.30. The van der Waals surface area contributed by atoms with E-state index in [0.29, 0.717) is 44.5 Å². The molecule has 0 amide bonds. The van der Waals surface area contributed by atoms with Gasteiger partial charge >= 0.3 is 0 Å². The van der Waals surface area contributed by atoms with E-state index in [-0.39, 0.29) is 5.56 Å². The van der Waals surface area contributed by atoms with Crippen LogP contribution in [0, 0.1) is 0 Å². The van der Waals surface area contributed by atoms with Gasteiger partial charge in [0, 0.05) is 55.6 Å². The summed E-state index contributed by atoms with van der Waals surface area (Å²) >= 11 is 12.9. The summed E-state index contributed by atoms with van der Waals surface area (Å²) in [5.41, 5.74) is 2.54. The Hall–Kier alpha value is -3.66. The van der Waals surface area contributed by atoms with E-state index in [1.54, 1.807) is 35.0 Å². The van der Waals surface area contributed by atoms with Crippen LogP contribution in [-0.2, 0) is 0 Å². The molecule has 9 nitrogen and oxygen atoms in total. The van der Waals surface area contributed by atoms with Crippen molar-refractivity contribution in [2.24, 2.45) is 0 Å². The molecule has 5 heterocycles. The number of fused-ring (bicyclic) bond motifs is 4. The van der Waals surface area contributed by atoms with Crippen molar-refractivity contribution in [1.82, 2.24) is 28.8 Å². The van der Waals surface area contributed by atoms with E-state index in [0.717, 1.165) is 25.3 Å². The summed E-state index contributed by atoms with van der Waals surface area (Å²) < 4.78 is 3.13. The molecule has 2 aromatic carbocycles. The number of piperazine rings is 1. The monoisotopic (exact) mass is 546 g/mol. The minimum absolute atomic E-state index is 0.318. The van der Waals surface area contributed by atoms with Gasteiger partial charge in [-0.25, -0.2) is 14.5 Å². The molecular formula is C27H24Cl2N8O. The first-order chi connectivity index (χ1) is 18.6. The molecule has 0 spiro atoms. The summed E-state index contributed by atoms with van der Waals surface area (Å²) in [5.74, 6) is 0.738. The number of rotatable bonds is 4. The molecule has 0 radical (unpaired) electrons. The van der Waals surface area contributed by atoms with E-state index in [4.69, 9.17) is 23.2 Å². The molecule has 5 aromatic rings. The van der Waals surface area contributed by atoms with Gasteiger partial charge in [0.2, 0.25) is 11.7 Å². The highest BCUT2D eigenvalue weighted by Crippen LogP contribution is 2.30. The predicted molar refractivity (Wildman–Crippen MR) is 150 cm³/mol. The van der Waals surface area contributed by atoms with Crippen molar-refractivity contribution in [3.63, 3.8) is 0 Å². The number of hydrogen-bond acceptors (Lipinski definition) is 7. The number of anilines is 3. The number of para-hydroxylation sites is 1. The normalized spacial score (nSPS) is 17.8. The Balaban J connectivity index is 1.21. The number of benzene rings is 2. The lowest BCUT2D eigenvalue weighted by atomic mass is 10.1. The third-order valence-electron chi connectivity index (χ3n) is 7.49. The number of nitrogens with zero attached hydrogens (tertiary/aromatic N) is 7. The molecule has 2 aliphatic heterocycles. The first kappa shape index (κ1) is 23.5. The van der Waals surface area contributed by atoms with E-state index in [1.165, 1.54) is 35.8 Å². The van der Waals surface area contributed by atoms with Crippen LogP contribution in [-0.4, -0.2) is 61.0 Å². The Labute approximate surface area is 228 Å². The lowest BCUT2D eigenvalue weighted by Crippen LogP contribution is -2.50. The van der Waals surface area contributed by atoms with Gasteiger partial charge in [-0.1, -0.05) is 29.3 Å². The number of nitrogens with one attached hydrogen (secondary N) is 1. The van der Waals surface area contributed by atoms with Gasteiger partial charge in [-0.05, 0) is 55.8 Å². The first-order valence-electron chi connectivity index (χ1n) is 12.6. The smallest absolute Gasteiger partial charge is 0.270 e. The molecule has 0 saturated carbocycles. The zero-order valence-electron chi connectivity index (χ0n) is 20.4. The highest BCUT2D eigenvalue weighted by molar-refractivity contribution is 6.37. The lowest BCUT2D eigenvalue weighted by Gasteiger charge is -2.38. The SMILES string of the molecule is O=c1c2cnc(Nc3ccc(N4CCN5CCCC5C4)cc3)nc2n2ccnc2n1-c1c(Cl)cccc1Cl. The van der Waals surface area contributed by atoms with E-state index in [2.05, 4.69) is 42.2 Å². The average molecular weight is 547 g/mol. The van der Waals surface area contributed by atoms with Crippen LogP contribution in [0.1, 0.15) is 12.8 Å². The van der Waals surface area contributed by atoms with Crippen LogP contribution < -0.4 is 15.8 Å². The van der Waals surface area contributed by atoms with Crippen LogP contribution in [0.3, 0.4) is 0 Å². The van der Waals surface area contributed by atoms with Gasteiger partial charge < -0.3 is 10.2 Å². The maximum atomic E-state index is 13.6. The van der Waals surface area contributed by atoms with Crippen LogP contribution in [0.15, 0.2) is 65.8 Å². The van der Waals surface area contributed by atoms with Crippen LogP contribution in [0.5, 0.6) is 0 Å². The topological polar surface area (TPSA) is 83.6 Å². The number of halogens is 2. The second kappa shape index (κ2) is 9.27. The Morgan fingerprint density at radius 1 is 0.974 bits per heavy atom. The molecule has 0 aliphatic carbocycles. The Morgan fingerprint density at radius 3 is 2.61 bits per heavy atom. The van der Waals surface area contributed by atoms with Crippen LogP contribution >= 0.6 is 23.2 Å². The maximum absolute atomic E-state index is 13.6. The molecule has 2 aliphatic rings.